The highest BCUT2D eigenvalue weighted by Gasteiger charge is 2.14. The van der Waals surface area contributed by atoms with Crippen LogP contribution in [0.15, 0.2) is 12.8 Å². The standard InChI is InChI=1S/C19H39NO2/c1-4-7-10-14-18(15-11-8-5-2)22-19(21)16-12-9-13-17-20-6-3/h6,18-21H,3-5,7-17H2,1-2H3. The number of unbranched alkanes of at least 4 members (excludes halogenated alkanes) is 6. The van der Waals surface area contributed by atoms with Gasteiger partial charge in [-0.1, -0.05) is 65.4 Å². The van der Waals surface area contributed by atoms with Crippen molar-refractivity contribution in [3.8, 4) is 0 Å². The van der Waals surface area contributed by atoms with E-state index in [4.69, 9.17) is 4.74 Å². The first kappa shape index (κ1) is 21.5. The Bertz CT molecular complexity index is 223. The quantitative estimate of drug-likeness (QED) is 0.288. The Hall–Kier alpha value is -0.540. The van der Waals surface area contributed by atoms with Gasteiger partial charge in [-0.2, -0.15) is 0 Å². The molecule has 0 amide bonds. The number of aliphatic hydroxyl groups is 1. The van der Waals surface area contributed by atoms with Crippen LogP contribution in [-0.2, 0) is 4.74 Å². The minimum absolute atomic E-state index is 0.246. The van der Waals surface area contributed by atoms with E-state index in [-0.39, 0.29) is 6.10 Å². The lowest BCUT2D eigenvalue weighted by Gasteiger charge is -2.22. The van der Waals surface area contributed by atoms with Gasteiger partial charge in [0.05, 0.1) is 6.10 Å². The Morgan fingerprint density at radius 1 is 0.909 bits per heavy atom. The van der Waals surface area contributed by atoms with E-state index in [1.54, 1.807) is 6.20 Å². The van der Waals surface area contributed by atoms with Crippen LogP contribution < -0.4 is 5.32 Å². The monoisotopic (exact) mass is 313 g/mol. The largest absolute Gasteiger partial charge is 0.391 e. The maximum absolute atomic E-state index is 10.1. The number of hydrogen-bond acceptors (Lipinski definition) is 3. The Labute approximate surface area is 138 Å². The minimum atomic E-state index is -0.583. The summed E-state index contributed by atoms with van der Waals surface area (Å²) < 4.78 is 5.90. The van der Waals surface area contributed by atoms with Gasteiger partial charge in [0.1, 0.15) is 0 Å². The van der Waals surface area contributed by atoms with E-state index in [1.165, 1.54) is 38.5 Å². The Morgan fingerprint density at radius 3 is 2.05 bits per heavy atom. The Kier molecular flexibility index (Phi) is 16.4. The lowest BCUT2D eigenvalue weighted by atomic mass is 10.0. The zero-order valence-electron chi connectivity index (χ0n) is 15.0. The molecule has 0 saturated heterocycles. The van der Waals surface area contributed by atoms with E-state index in [9.17, 15) is 5.11 Å². The summed E-state index contributed by atoms with van der Waals surface area (Å²) in [6.45, 7) is 9.05. The summed E-state index contributed by atoms with van der Waals surface area (Å²) in [4.78, 5) is 0. The molecule has 2 N–H and O–H groups in total. The van der Waals surface area contributed by atoms with E-state index in [1.807, 2.05) is 0 Å². The molecule has 0 rings (SSSR count). The topological polar surface area (TPSA) is 41.5 Å². The second-order valence-electron chi connectivity index (χ2n) is 6.21. The zero-order chi connectivity index (χ0) is 16.5. The SMILES string of the molecule is C=CNCCCCCC(O)OC(CCCCC)CCCCC. The van der Waals surface area contributed by atoms with Gasteiger partial charge in [-0.25, -0.2) is 0 Å². The molecule has 0 aromatic carbocycles. The summed E-state index contributed by atoms with van der Waals surface area (Å²) in [5.74, 6) is 0. The zero-order valence-corrected chi connectivity index (χ0v) is 15.0. The van der Waals surface area contributed by atoms with Gasteiger partial charge < -0.3 is 15.2 Å². The molecule has 0 fully saturated rings. The van der Waals surface area contributed by atoms with Gasteiger partial charge in [0.15, 0.2) is 6.29 Å². The van der Waals surface area contributed by atoms with E-state index in [0.29, 0.717) is 0 Å². The predicted molar refractivity (Wildman–Crippen MR) is 95.8 cm³/mol. The molecule has 0 radical (unpaired) electrons. The fourth-order valence-corrected chi connectivity index (χ4v) is 2.64. The van der Waals surface area contributed by atoms with E-state index in [0.717, 1.165) is 45.1 Å². The van der Waals surface area contributed by atoms with E-state index < -0.39 is 6.29 Å². The van der Waals surface area contributed by atoms with Crippen molar-refractivity contribution in [2.45, 2.75) is 103 Å². The highest BCUT2D eigenvalue weighted by Crippen LogP contribution is 2.17. The van der Waals surface area contributed by atoms with Crippen molar-refractivity contribution in [2.75, 3.05) is 6.54 Å². The van der Waals surface area contributed by atoms with Crippen molar-refractivity contribution in [1.29, 1.82) is 0 Å². The molecule has 0 bridgehead atoms. The molecule has 0 aromatic heterocycles. The molecule has 1 atom stereocenters. The second kappa shape index (κ2) is 16.8. The number of nitrogens with one attached hydrogen (secondary N) is 1. The maximum Gasteiger partial charge on any atom is 0.154 e. The van der Waals surface area contributed by atoms with Crippen LogP contribution in [0.4, 0.5) is 0 Å². The van der Waals surface area contributed by atoms with Crippen LogP contribution >= 0.6 is 0 Å². The number of aliphatic hydroxyl groups excluding tert-OH is 1. The Balaban J connectivity index is 3.81. The van der Waals surface area contributed by atoms with Crippen molar-refractivity contribution < 1.29 is 9.84 Å². The molecule has 132 valence electrons. The molecule has 3 nitrogen and oxygen atoms in total. The molecule has 1 unspecified atom stereocenters. The van der Waals surface area contributed by atoms with Crippen molar-refractivity contribution in [2.24, 2.45) is 0 Å². The molecule has 0 aromatic rings. The summed E-state index contributed by atoms with van der Waals surface area (Å²) in [5.41, 5.74) is 0. The first-order valence-electron chi connectivity index (χ1n) is 9.42. The van der Waals surface area contributed by atoms with Crippen molar-refractivity contribution in [3.63, 3.8) is 0 Å². The average molecular weight is 314 g/mol. The maximum atomic E-state index is 10.1. The second-order valence-corrected chi connectivity index (χ2v) is 6.21. The molecule has 3 heteroatoms. The third kappa shape index (κ3) is 14.4. The fraction of sp³-hybridized carbons (Fsp3) is 0.895. The molecule has 0 aliphatic heterocycles. The highest BCUT2D eigenvalue weighted by molar-refractivity contribution is 4.63. The molecule has 0 heterocycles. The van der Waals surface area contributed by atoms with Gasteiger partial charge in [-0.15, -0.1) is 0 Å². The summed E-state index contributed by atoms with van der Waals surface area (Å²) in [7, 11) is 0. The van der Waals surface area contributed by atoms with Crippen LogP contribution in [0.25, 0.3) is 0 Å². The lowest BCUT2D eigenvalue weighted by molar-refractivity contribution is -0.144. The third-order valence-corrected chi connectivity index (χ3v) is 4.03. The van der Waals surface area contributed by atoms with Crippen molar-refractivity contribution >= 4 is 0 Å². The van der Waals surface area contributed by atoms with Gasteiger partial charge in [-0.3, -0.25) is 0 Å². The molecule has 0 aliphatic carbocycles. The molecule has 22 heavy (non-hydrogen) atoms. The molecular formula is C19H39NO2. The lowest BCUT2D eigenvalue weighted by Crippen LogP contribution is -2.22. The van der Waals surface area contributed by atoms with Gasteiger partial charge in [0, 0.05) is 6.54 Å². The summed E-state index contributed by atoms with van der Waals surface area (Å²) in [6.07, 6.45) is 15.0. The first-order chi connectivity index (χ1) is 10.7. The van der Waals surface area contributed by atoms with E-state index in [2.05, 4.69) is 25.7 Å². The van der Waals surface area contributed by atoms with Crippen LogP contribution in [0, 0.1) is 0 Å². The van der Waals surface area contributed by atoms with Gasteiger partial charge in [0.2, 0.25) is 0 Å². The van der Waals surface area contributed by atoms with Crippen LogP contribution in [0.2, 0.25) is 0 Å². The molecule has 0 spiro atoms. The average Bonchev–Trinajstić information content (AvgIpc) is 2.51. The number of ether oxygens (including phenoxy) is 1. The van der Waals surface area contributed by atoms with Crippen LogP contribution in [0.5, 0.6) is 0 Å². The third-order valence-electron chi connectivity index (χ3n) is 4.03. The Morgan fingerprint density at radius 2 is 1.50 bits per heavy atom. The smallest absolute Gasteiger partial charge is 0.154 e. The molecule has 0 aliphatic rings. The predicted octanol–water partition coefficient (Wildman–Crippen LogP) is 5.14. The van der Waals surface area contributed by atoms with Crippen LogP contribution in [-0.4, -0.2) is 24.0 Å². The number of hydrogen-bond donors (Lipinski definition) is 2. The van der Waals surface area contributed by atoms with Crippen molar-refractivity contribution in [1.82, 2.24) is 5.32 Å². The van der Waals surface area contributed by atoms with Gasteiger partial charge >= 0.3 is 0 Å². The minimum Gasteiger partial charge on any atom is -0.391 e. The fourth-order valence-electron chi connectivity index (χ4n) is 2.64. The number of rotatable bonds is 17. The van der Waals surface area contributed by atoms with Gasteiger partial charge in [0.25, 0.3) is 0 Å². The molecular weight excluding hydrogens is 274 g/mol. The summed E-state index contributed by atoms with van der Waals surface area (Å²) >= 11 is 0. The van der Waals surface area contributed by atoms with Crippen molar-refractivity contribution in [3.05, 3.63) is 12.8 Å². The first-order valence-corrected chi connectivity index (χ1v) is 9.42. The highest BCUT2D eigenvalue weighted by atomic mass is 16.6. The summed E-state index contributed by atoms with van der Waals surface area (Å²) in [5, 5.41) is 13.2. The normalized spacial score (nSPS) is 12.5. The molecule has 0 saturated carbocycles. The summed E-state index contributed by atoms with van der Waals surface area (Å²) in [6, 6.07) is 0. The van der Waals surface area contributed by atoms with Crippen LogP contribution in [0.1, 0.15) is 90.9 Å². The van der Waals surface area contributed by atoms with E-state index >= 15 is 0 Å². The van der Waals surface area contributed by atoms with Gasteiger partial charge in [-0.05, 0) is 38.3 Å². The van der Waals surface area contributed by atoms with Crippen LogP contribution in [0.3, 0.4) is 0 Å².